The van der Waals surface area contributed by atoms with Crippen LogP contribution in [-0.4, -0.2) is 38.1 Å². The van der Waals surface area contributed by atoms with Gasteiger partial charge in [0.05, 0.1) is 18.6 Å². The van der Waals surface area contributed by atoms with Crippen molar-refractivity contribution >= 4 is 28.5 Å². The van der Waals surface area contributed by atoms with E-state index in [1.165, 1.54) is 45.5 Å². The van der Waals surface area contributed by atoms with Crippen LogP contribution in [0.15, 0.2) is 38.8 Å². The van der Waals surface area contributed by atoms with E-state index in [4.69, 9.17) is 0 Å². The Bertz CT molecular complexity index is 979. The van der Waals surface area contributed by atoms with Gasteiger partial charge >= 0.3 is 11.7 Å². The SMILES string of the molecule is COC(=O)CSC(=Nc1ccc(F)cc1)c1c(O)n(C)c(=O)n(C)c1=O. The predicted molar refractivity (Wildman–Crippen MR) is 95.7 cm³/mol. The van der Waals surface area contributed by atoms with Gasteiger partial charge in [0.1, 0.15) is 16.4 Å². The molecule has 1 heterocycles. The van der Waals surface area contributed by atoms with Gasteiger partial charge in [-0.3, -0.25) is 18.7 Å². The third kappa shape index (κ3) is 4.02. The van der Waals surface area contributed by atoms with E-state index in [-0.39, 0.29) is 16.4 Å². The Labute approximate surface area is 151 Å². The molecule has 0 aliphatic carbocycles. The number of hydrogen-bond donors (Lipinski definition) is 1. The number of ether oxygens (including phenoxy) is 1. The number of carbonyl (C=O) groups excluding carboxylic acids is 1. The lowest BCUT2D eigenvalue weighted by atomic mass is 10.3. The van der Waals surface area contributed by atoms with Gasteiger partial charge in [0.2, 0.25) is 5.88 Å². The number of aromatic hydroxyl groups is 1. The summed E-state index contributed by atoms with van der Waals surface area (Å²) in [5, 5.41) is 10.3. The third-order valence-electron chi connectivity index (χ3n) is 3.46. The Hall–Kier alpha value is -2.88. The Morgan fingerprint density at radius 3 is 2.42 bits per heavy atom. The molecule has 0 saturated heterocycles. The number of nitrogens with zero attached hydrogens (tertiary/aromatic N) is 3. The monoisotopic (exact) mass is 381 g/mol. The van der Waals surface area contributed by atoms with Crippen molar-refractivity contribution in [3.8, 4) is 5.88 Å². The number of aromatic nitrogens is 2. The molecule has 0 unspecified atom stereocenters. The molecule has 0 aliphatic rings. The second kappa shape index (κ2) is 8.00. The molecule has 0 radical (unpaired) electrons. The Morgan fingerprint density at radius 1 is 1.23 bits per heavy atom. The number of benzene rings is 1. The molecule has 1 N–H and O–H groups in total. The number of thioether (sulfide) groups is 1. The van der Waals surface area contributed by atoms with E-state index in [1.54, 1.807) is 0 Å². The van der Waals surface area contributed by atoms with E-state index in [2.05, 4.69) is 9.73 Å². The number of rotatable bonds is 4. The van der Waals surface area contributed by atoms with Crippen molar-refractivity contribution in [2.45, 2.75) is 0 Å². The van der Waals surface area contributed by atoms with E-state index in [9.17, 15) is 23.9 Å². The molecular weight excluding hydrogens is 365 g/mol. The molecule has 10 heteroatoms. The van der Waals surface area contributed by atoms with Gasteiger partial charge in [0.25, 0.3) is 5.56 Å². The Balaban J connectivity index is 2.65. The molecule has 26 heavy (non-hydrogen) atoms. The summed E-state index contributed by atoms with van der Waals surface area (Å²) >= 11 is 0.851. The standard InChI is InChI=1S/C16H16FN3O5S/c1-19-14(22)12(15(23)20(2)16(19)24)13(26-8-11(21)25-3)18-10-6-4-9(17)5-7-10/h4-7,22H,8H2,1-3H3. The highest BCUT2D eigenvalue weighted by atomic mass is 32.2. The fraction of sp³-hybridized carbons (Fsp3) is 0.250. The highest BCUT2D eigenvalue weighted by Gasteiger charge is 2.21. The lowest BCUT2D eigenvalue weighted by molar-refractivity contribution is -0.137. The Kier molecular flexibility index (Phi) is 5.98. The van der Waals surface area contributed by atoms with Crippen LogP contribution in [0.4, 0.5) is 10.1 Å². The molecule has 0 fully saturated rings. The minimum Gasteiger partial charge on any atom is -0.494 e. The molecule has 0 atom stereocenters. The maximum Gasteiger partial charge on any atom is 0.333 e. The highest BCUT2D eigenvalue weighted by Crippen LogP contribution is 2.23. The average Bonchev–Trinajstić information content (AvgIpc) is 2.64. The van der Waals surface area contributed by atoms with Crippen LogP contribution < -0.4 is 11.2 Å². The van der Waals surface area contributed by atoms with Crippen LogP contribution in [0.5, 0.6) is 5.88 Å². The van der Waals surface area contributed by atoms with E-state index in [1.807, 2.05) is 0 Å². The van der Waals surface area contributed by atoms with Gasteiger partial charge in [-0.2, -0.15) is 0 Å². The maximum atomic E-state index is 13.1. The van der Waals surface area contributed by atoms with Gasteiger partial charge in [-0.1, -0.05) is 11.8 Å². The van der Waals surface area contributed by atoms with Gasteiger partial charge in [-0.05, 0) is 24.3 Å². The molecule has 2 rings (SSSR count). The van der Waals surface area contributed by atoms with E-state index in [0.717, 1.165) is 20.9 Å². The zero-order chi connectivity index (χ0) is 19.4. The lowest BCUT2D eigenvalue weighted by Gasteiger charge is -2.12. The maximum absolute atomic E-state index is 13.1. The molecule has 138 valence electrons. The zero-order valence-corrected chi connectivity index (χ0v) is 15.0. The molecule has 1 aromatic carbocycles. The van der Waals surface area contributed by atoms with Crippen LogP contribution in [-0.2, 0) is 23.6 Å². The minimum absolute atomic E-state index is 0.00397. The summed E-state index contributed by atoms with van der Waals surface area (Å²) in [7, 11) is 3.76. The molecule has 0 amide bonds. The fourth-order valence-electron chi connectivity index (χ4n) is 2.00. The van der Waals surface area contributed by atoms with Crippen molar-refractivity contribution in [1.29, 1.82) is 0 Å². The summed E-state index contributed by atoms with van der Waals surface area (Å²) in [6.07, 6.45) is 0. The smallest absolute Gasteiger partial charge is 0.333 e. The second-order valence-electron chi connectivity index (χ2n) is 5.16. The summed E-state index contributed by atoms with van der Waals surface area (Å²) < 4.78 is 19.3. The molecule has 0 saturated carbocycles. The number of hydrogen-bond acceptors (Lipinski definition) is 7. The molecule has 1 aromatic heterocycles. The molecule has 0 spiro atoms. The van der Waals surface area contributed by atoms with Gasteiger partial charge in [0, 0.05) is 14.1 Å². The number of halogens is 1. The first kappa shape index (κ1) is 19.4. The normalized spacial score (nSPS) is 11.5. The van der Waals surface area contributed by atoms with Crippen molar-refractivity contribution in [2.24, 2.45) is 19.1 Å². The molecule has 0 bridgehead atoms. The summed E-state index contributed by atoms with van der Waals surface area (Å²) in [5.41, 5.74) is -1.43. The van der Waals surface area contributed by atoms with Crippen LogP contribution in [0, 0.1) is 5.82 Å². The predicted octanol–water partition coefficient (Wildman–Crippen LogP) is 0.913. The van der Waals surface area contributed by atoms with Crippen molar-refractivity contribution < 1.29 is 19.0 Å². The van der Waals surface area contributed by atoms with Gasteiger partial charge in [-0.25, -0.2) is 14.2 Å². The van der Waals surface area contributed by atoms with Crippen molar-refractivity contribution in [2.75, 3.05) is 12.9 Å². The molecule has 8 nitrogen and oxygen atoms in total. The van der Waals surface area contributed by atoms with Gasteiger partial charge in [-0.15, -0.1) is 0 Å². The summed E-state index contributed by atoms with van der Waals surface area (Å²) in [6.45, 7) is 0. The number of aliphatic imine (C=N–C) groups is 1. The number of methoxy groups -OCH3 is 1. The summed E-state index contributed by atoms with van der Waals surface area (Å²) in [5.74, 6) is -1.80. The fourth-order valence-corrected chi connectivity index (χ4v) is 2.87. The average molecular weight is 381 g/mol. The van der Waals surface area contributed by atoms with Crippen molar-refractivity contribution in [1.82, 2.24) is 9.13 Å². The highest BCUT2D eigenvalue weighted by molar-refractivity contribution is 8.15. The van der Waals surface area contributed by atoms with Crippen LogP contribution in [0.3, 0.4) is 0 Å². The number of carbonyl (C=O) groups is 1. The lowest BCUT2D eigenvalue weighted by Crippen LogP contribution is -2.39. The summed E-state index contributed by atoms with van der Waals surface area (Å²) in [6, 6.07) is 5.11. The van der Waals surface area contributed by atoms with E-state index >= 15 is 0 Å². The first-order chi connectivity index (χ1) is 12.3. The first-order valence-electron chi connectivity index (χ1n) is 7.29. The molecular formula is C16H16FN3O5S. The quantitative estimate of drug-likeness (QED) is 0.480. The van der Waals surface area contributed by atoms with Crippen LogP contribution in [0.1, 0.15) is 5.56 Å². The Morgan fingerprint density at radius 2 is 1.85 bits per heavy atom. The largest absolute Gasteiger partial charge is 0.494 e. The summed E-state index contributed by atoms with van der Waals surface area (Å²) in [4.78, 5) is 40.1. The molecule has 2 aromatic rings. The van der Waals surface area contributed by atoms with Crippen molar-refractivity contribution in [3.63, 3.8) is 0 Å². The minimum atomic E-state index is -0.774. The number of esters is 1. The van der Waals surface area contributed by atoms with E-state index < -0.39 is 28.9 Å². The molecule has 0 aliphatic heterocycles. The zero-order valence-electron chi connectivity index (χ0n) is 14.2. The van der Waals surface area contributed by atoms with Gasteiger partial charge in [0.15, 0.2) is 0 Å². The van der Waals surface area contributed by atoms with Crippen LogP contribution >= 0.6 is 11.8 Å². The van der Waals surface area contributed by atoms with Gasteiger partial charge < -0.3 is 9.84 Å². The van der Waals surface area contributed by atoms with E-state index in [0.29, 0.717) is 5.69 Å². The first-order valence-corrected chi connectivity index (χ1v) is 8.28. The van der Waals surface area contributed by atoms with Crippen LogP contribution in [0.25, 0.3) is 0 Å². The second-order valence-corrected chi connectivity index (χ2v) is 6.13. The third-order valence-corrected chi connectivity index (χ3v) is 4.41. The topological polar surface area (TPSA) is 103 Å². The van der Waals surface area contributed by atoms with Crippen molar-refractivity contribution in [3.05, 3.63) is 56.5 Å². The van der Waals surface area contributed by atoms with Crippen LogP contribution in [0.2, 0.25) is 0 Å².